The van der Waals surface area contributed by atoms with Crippen molar-refractivity contribution in [1.82, 2.24) is 9.62 Å². The third-order valence-electron chi connectivity index (χ3n) is 4.17. The summed E-state index contributed by atoms with van der Waals surface area (Å²) in [6, 6.07) is 10.1. The van der Waals surface area contributed by atoms with Gasteiger partial charge >= 0.3 is 0 Å². The monoisotopic (exact) mass is 384 g/mol. The molecule has 0 aliphatic carbocycles. The molecule has 0 bridgehead atoms. The van der Waals surface area contributed by atoms with Gasteiger partial charge < -0.3 is 10.1 Å². The van der Waals surface area contributed by atoms with E-state index in [-0.39, 0.29) is 16.5 Å². The third-order valence-corrected chi connectivity index (χ3v) is 6.56. The molecule has 1 N–H and O–H groups in total. The van der Waals surface area contributed by atoms with Crippen molar-refractivity contribution in [3.63, 3.8) is 0 Å². The smallest absolute Gasteiger partial charge is 0.245 e. The summed E-state index contributed by atoms with van der Waals surface area (Å²) in [5.41, 5.74) is 0.744. The lowest BCUT2D eigenvalue weighted by Gasteiger charge is -2.36. The Morgan fingerprint density at radius 1 is 1.28 bits per heavy atom. The molecule has 8 heteroatoms. The number of nitrogens with one attached hydrogen (secondary N) is 1. The van der Waals surface area contributed by atoms with E-state index in [9.17, 15) is 12.8 Å². The highest BCUT2D eigenvalue weighted by Crippen LogP contribution is 2.35. The predicted octanol–water partition coefficient (Wildman–Crippen LogP) is 2.82. The van der Waals surface area contributed by atoms with E-state index in [0.29, 0.717) is 18.8 Å². The zero-order valence-electron chi connectivity index (χ0n) is 13.6. The van der Waals surface area contributed by atoms with Crippen LogP contribution >= 0.6 is 11.6 Å². The third kappa shape index (κ3) is 3.50. The van der Waals surface area contributed by atoms with Crippen LogP contribution in [-0.4, -0.2) is 39.5 Å². The molecule has 5 nitrogen and oxygen atoms in total. The highest BCUT2D eigenvalue weighted by molar-refractivity contribution is 7.89. The van der Waals surface area contributed by atoms with Crippen LogP contribution in [0.4, 0.5) is 4.39 Å². The maximum Gasteiger partial charge on any atom is 0.245 e. The lowest BCUT2D eigenvalue weighted by molar-refractivity contribution is 0.264. The molecule has 25 heavy (non-hydrogen) atoms. The normalized spacial score (nSPS) is 18.9. The summed E-state index contributed by atoms with van der Waals surface area (Å²) in [7, 11) is -2.43. The van der Waals surface area contributed by atoms with Gasteiger partial charge in [-0.3, -0.25) is 0 Å². The van der Waals surface area contributed by atoms with Gasteiger partial charge in [0.1, 0.15) is 16.5 Å². The minimum absolute atomic E-state index is 0.00120. The summed E-state index contributed by atoms with van der Waals surface area (Å²) >= 11 is 6.04. The second-order valence-electron chi connectivity index (χ2n) is 5.65. The largest absolute Gasteiger partial charge is 0.496 e. The van der Waals surface area contributed by atoms with E-state index in [0.717, 1.165) is 17.7 Å². The fourth-order valence-electron chi connectivity index (χ4n) is 2.98. The molecule has 1 atom stereocenters. The van der Waals surface area contributed by atoms with E-state index >= 15 is 0 Å². The summed E-state index contributed by atoms with van der Waals surface area (Å²) < 4.78 is 46.6. The Balaban J connectivity index is 2.08. The predicted molar refractivity (Wildman–Crippen MR) is 93.9 cm³/mol. The molecule has 1 fully saturated rings. The molecule has 0 aromatic heterocycles. The van der Waals surface area contributed by atoms with E-state index in [1.165, 1.54) is 17.5 Å². The van der Waals surface area contributed by atoms with Crippen LogP contribution in [0.5, 0.6) is 5.75 Å². The Hall–Kier alpha value is -1.67. The first-order valence-electron chi connectivity index (χ1n) is 7.75. The number of ether oxygens (including phenoxy) is 1. The van der Waals surface area contributed by atoms with Gasteiger partial charge in [-0.25, -0.2) is 12.8 Å². The number of benzene rings is 2. The van der Waals surface area contributed by atoms with Crippen molar-refractivity contribution >= 4 is 21.6 Å². The molecular weight excluding hydrogens is 367 g/mol. The molecule has 3 rings (SSSR count). The minimum Gasteiger partial charge on any atom is -0.496 e. The van der Waals surface area contributed by atoms with Gasteiger partial charge in [0.15, 0.2) is 0 Å². The Morgan fingerprint density at radius 3 is 2.80 bits per heavy atom. The van der Waals surface area contributed by atoms with Gasteiger partial charge in [0, 0.05) is 25.2 Å². The second-order valence-corrected chi connectivity index (χ2v) is 7.92. The van der Waals surface area contributed by atoms with Gasteiger partial charge in [-0.2, -0.15) is 4.31 Å². The molecule has 1 heterocycles. The van der Waals surface area contributed by atoms with Gasteiger partial charge in [0.25, 0.3) is 0 Å². The second kappa shape index (κ2) is 7.29. The summed E-state index contributed by atoms with van der Waals surface area (Å²) in [5, 5.41) is 3.19. The van der Waals surface area contributed by atoms with Crippen molar-refractivity contribution in [2.45, 2.75) is 10.9 Å². The first-order valence-corrected chi connectivity index (χ1v) is 9.57. The first-order chi connectivity index (χ1) is 11.9. The zero-order valence-corrected chi connectivity index (χ0v) is 15.1. The van der Waals surface area contributed by atoms with Crippen molar-refractivity contribution < 1.29 is 17.5 Å². The van der Waals surface area contributed by atoms with Crippen LogP contribution < -0.4 is 10.1 Å². The highest BCUT2D eigenvalue weighted by Gasteiger charge is 2.36. The number of halogens is 2. The molecule has 0 spiro atoms. The maximum atomic E-state index is 13.6. The molecule has 1 aliphatic heterocycles. The van der Waals surface area contributed by atoms with Gasteiger partial charge in [-0.05, 0) is 24.3 Å². The molecule has 1 saturated heterocycles. The lowest BCUT2D eigenvalue weighted by atomic mass is 10.0. The standard InChI is InChI=1S/C17H18ClFN2O3S/c1-24-16-5-3-2-4-13(16)15-11-20-8-9-21(15)25(22,23)17-10-12(19)6-7-14(17)18/h2-7,10,15,20H,8-9,11H2,1H3. The number of methoxy groups -OCH3 is 1. The zero-order chi connectivity index (χ0) is 18.0. The number of hydrogen-bond donors (Lipinski definition) is 1. The number of para-hydroxylation sites is 1. The van der Waals surface area contributed by atoms with Crippen molar-refractivity contribution in [1.29, 1.82) is 0 Å². The van der Waals surface area contributed by atoms with E-state index in [4.69, 9.17) is 16.3 Å². The average Bonchev–Trinajstić information content (AvgIpc) is 2.63. The maximum absolute atomic E-state index is 13.6. The number of piperazine rings is 1. The minimum atomic E-state index is -3.97. The molecule has 1 aliphatic rings. The van der Waals surface area contributed by atoms with E-state index in [1.807, 2.05) is 18.2 Å². The van der Waals surface area contributed by atoms with Crippen LogP contribution in [0.3, 0.4) is 0 Å². The quantitative estimate of drug-likeness (QED) is 0.880. The first kappa shape index (κ1) is 18.1. The number of rotatable bonds is 4. The van der Waals surface area contributed by atoms with Crippen LogP contribution in [0.25, 0.3) is 0 Å². The van der Waals surface area contributed by atoms with Crippen LogP contribution in [0.2, 0.25) is 5.02 Å². The fraction of sp³-hybridized carbons (Fsp3) is 0.294. The van der Waals surface area contributed by atoms with E-state index < -0.39 is 21.9 Å². The van der Waals surface area contributed by atoms with Crippen molar-refractivity contribution in [2.75, 3.05) is 26.7 Å². The average molecular weight is 385 g/mol. The molecular formula is C17H18ClFN2O3S. The molecule has 2 aromatic carbocycles. The van der Waals surface area contributed by atoms with Gasteiger partial charge in [-0.1, -0.05) is 29.8 Å². The van der Waals surface area contributed by atoms with E-state index in [1.54, 1.807) is 6.07 Å². The Bertz CT molecular complexity index is 876. The Labute approximate surface area is 151 Å². The van der Waals surface area contributed by atoms with Gasteiger partial charge in [0.2, 0.25) is 10.0 Å². The molecule has 1 unspecified atom stereocenters. The molecule has 0 radical (unpaired) electrons. The Kier molecular flexibility index (Phi) is 5.29. The lowest BCUT2D eigenvalue weighted by Crippen LogP contribution is -2.48. The number of hydrogen-bond acceptors (Lipinski definition) is 4. The Morgan fingerprint density at radius 2 is 2.04 bits per heavy atom. The van der Waals surface area contributed by atoms with Crippen molar-refractivity contribution in [3.05, 3.63) is 58.9 Å². The SMILES string of the molecule is COc1ccccc1C1CNCCN1S(=O)(=O)c1cc(F)ccc1Cl. The summed E-state index contributed by atoms with van der Waals surface area (Å²) in [4.78, 5) is -0.226. The highest BCUT2D eigenvalue weighted by atomic mass is 35.5. The number of sulfonamides is 1. The van der Waals surface area contributed by atoms with Crippen LogP contribution in [0.1, 0.15) is 11.6 Å². The van der Waals surface area contributed by atoms with E-state index in [2.05, 4.69) is 5.32 Å². The summed E-state index contributed by atoms with van der Waals surface area (Å²) in [5.74, 6) is -0.0475. The molecule has 2 aromatic rings. The van der Waals surface area contributed by atoms with Crippen molar-refractivity contribution in [2.24, 2.45) is 0 Å². The summed E-state index contributed by atoms with van der Waals surface area (Å²) in [6.45, 7) is 1.17. The fourth-order valence-corrected chi connectivity index (χ4v) is 5.07. The van der Waals surface area contributed by atoms with Crippen molar-refractivity contribution in [3.8, 4) is 5.75 Å². The van der Waals surface area contributed by atoms with Gasteiger partial charge in [0.05, 0.1) is 18.2 Å². The van der Waals surface area contributed by atoms with Crippen LogP contribution in [0.15, 0.2) is 47.4 Å². The van der Waals surface area contributed by atoms with Crippen LogP contribution in [0, 0.1) is 5.82 Å². The number of nitrogens with zero attached hydrogens (tertiary/aromatic N) is 1. The molecule has 0 saturated carbocycles. The molecule has 134 valence electrons. The van der Waals surface area contributed by atoms with Gasteiger partial charge in [-0.15, -0.1) is 0 Å². The van der Waals surface area contributed by atoms with Crippen LogP contribution in [-0.2, 0) is 10.0 Å². The topological polar surface area (TPSA) is 58.6 Å². The summed E-state index contributed by atoms with van der Waals surface area (Å²) in [6.07, 6.45) is 0. The molecule has 0 amide bonds.